The molecule has 1 saturated heterocycles. The molecule has 2 atom stereocenters. The van der Waals surface area contributed by atoms with Gasteiger partial charge in [-0.05, 0) is 36.0 Å². The lowest BCUT2D eigenvalue weighted by Crippen LogP contribution is -2.43. The number of thioether (sulfide) groups is 1. The van der Waals surface area contributed by atoms with E-state index in [1.54, 1.807) is 11.8 Å². The van der Waals surface area contributed by atoms with Gasteiger partial charge in [0.1, 0.15) is 0 Å². The van der Waals surface area contributed by atoms with Crippen molar-refractivity contribution in [3.8, 4) is 6.07 Å². The van der Waals surface area contributed by atoms with Crippen molar-refractivity contribution in [1.82, 2.24) is 4.90 Å². The van der Waals surface area contributed by atoms with Gasteiger partial charge in [0, 0.05) is 18.8 Å². The molecule has 1 aliphatic rings. The summed E-state index contributed by atoms with van der Waals surface area (Å²) in [5.74, 6) is 2.84. The maximum atomic E-state index is 12.2. The minimum absolute atomic E-state index is 0.257. The molecule has 0 bridgehead atoms. The van der Waals surface area contributed by atoms with Crippen LogP contribution < -0.4 is 0 Å². The van der Waals surface area contributed by atoms with Crippen LogP contribution in [0.5, 0.6) is 0 Å². The fraction of sp³-hybridized carbons (Fsp3) is 0.529. The lowest BCUT2D eigenvalue weighted by molar-refractivity contribution is -0.130. The highest BCUT2D eigenvalue weighted by atomic mass is 32.2. The van der Waals surface area contributed by atoms with Crippen LogP contribution in [0.3, 0.4) is 0 Å². The summed E-state index contributed by atoms with van der Waals surface area (Å²) < 4.78 is 0. The molecule has 0 radical (unpaired) electrons. The van der Waals surface area contributed by atoms with E-state index in [0.29, 0.717) is 23.2 Å². The van der Waals surface area contributed by atoms with Crippen molar-refractivity contribution in [3.05, 3.63) is 35.4 Å². The average Bonchev–Trinajstić information content (AvgIpc) is 2.47. The number of hydrogen-bond acceptors (Lipinski definition) is 3. The fourth-order valence-corrected chi connectivity index (χ4v) is 3.78. The van der Waals surface area contributed by atoms with Crippen molar-refractivity contribution >= 4 is 17.7 Å². The summed E-state index contributed by atoms with van der Waals surface area (Å²) in [5, 5.41) is 8.76. The van der Waals surface area contributed by atoms with E-state index in [1.807, 2.05) is 29.2 Å². The number of nitriles is 1. The third kappa shape index (κ3) is 4.78. The Morgan fingerprint density at radius 2 is 1.90 bits per heavy atom. The Morgan fingerprint density at radius 3 is 2.48 bits per heavy atom. The first-order chi connectivity index (χ1) is 10.1. The minimum Gasteiger partial charge on any atom is -0.341 e. The third-order valence-electron chi connectivity index (χ3n) is 3.80. The van der Waals surface area contributed by atoms with Crippen LogP contribution in [-0.4, -0.2) is 29.6 Å². The van der Waals surface area contributed by atoms with E-state index in [0.717, 1.165) is 24.4 Å². The summed E-state index contributed by atoms with van der Waals surface area (Å²) >= 11 is 1.65. The van der Waals surface area contributed by atoms with Crippen molar-refractivity contribution in [2.45, 2.75) is 26.0 Å². The van der Waals surface area contributed by atoms with Crippen LogP contribution in [0.1, 0.15) is 31.4 Å². The molecule has 1 heterocycles. The first-order valence-electron chi connectivity index (χ1n) is 7.43. The van der Waals surface area contributed by atoms with Gasteiger partial charge in [0.2, 0.25) is 5.91 Å². The topological polar surface area (TPSA) is 44.1 Å². The molecule has 112 valence electrons. The van der Waals surface area contributed by atoms with E-state index in [4.69, 9.17) is 5.26 Å². The first-order valence-corrected chi connectivity index (χ1v) is 8.58. The molecule has 1 aliphatic heterocycles. The lowest BCUT2D eigenvalue weighted by Gasteiger charge is -2.35. The van der Waals surface area contributed by atoms with Gasteiger partial charge in [-0.25, -0.2) is 0 Å². The summed E-state index contributed by atoms with van der Waals surface area (Å²) in [5.41, 5.74) is 1.84. The maximum Gasteiger partial charge on any atom is 0.232 e. The van der Waals surface area contributed by atoms with E-state index < -0.39 is 0 Å². The van der Waals surface area contributed by atoms with Crippen molar-refractivity contribution < 1.29 is 4.79 Å². The number of carbonyl (C=O) groups is 1. The second-order valence-corrected chi connectivity index (χ2v) is 7.03. The van der Waals surface area contributed by atoms with Crippen LogP contribution in [0.2, 0.25) is 0 Å². The van der Waals surface area contributed by atoms with E-state index in [9.17, 15) is 4.79 Å². The molecule has 1 fully saturated rings. The molecule has 0 aliphatic carbocycles. The van der Waals surface area contributed by atoms with Gasteiger partial charge in [0.15, 0.2) is 0 Å². The lowest BCUT2D eigenvalue weighted by atomic mass is 9.92. The molecule has 1 aromatic rings. The second kappa shape index (κ2) is 7.51. The molecule has 0 spiro atoms. The van der Waals surface area contributed by atoms with Crippen LogP contribution >= 0.6 is 11.8 Å². The van der Waals surface area contributed by atoms with Gasteiger partial charge in [0.25, 0.3) is 0 Å². The standard InChI is InChI=1S/C17H22N2OS/c1-13-7-14(2)10-19(9-13)17(20)12-21-11-16-5-3-15(8-18)4-6-16/h3-6,13-14H,7,9-12H2,1-2H3. The third-order valence-corrected chi connectivity index (χ3v) is 4.79. The molecule has 0 aromatic heterocycles. The smallest absolute Gasteiger partial charge is 0.232 e. The number of hydrogen-bond donors (Lipinski definition) is 0. The normalized spacial score (nSPS) is 21.9. The highest BCUT2D eigenvalue weighted by Crippen LogP contribution is 2.22. The summed E-state index contributed by atoms with van der Waals surface area (Å²) in [4.78, 5) is 14.3. The molecule has 3 nitrogen and oxygen atoms in total. The molecule has 0 N–H and O–H groups in total. The molecular weight excluding hydrogens is 280 g/mol. The Balaban J connectivity index is 1.77. The summed E-state index contributed by atoms with van der Waals surface area (Å²) in [6.45, 7) is 6.25. The van der Waals surface area contributed by atoms with E-state index >= 15 is 0 Å². The molecule has 0 saturated carbocycles. The zero-order chi connectivity index (χ0) is 15.2. The Kier molecular flexibility index (Phi) is 5.69. The highest BCUT2D eigenvalue weighted by Gasteiger charge is 2.24. The molecule has 21 heavy (non-hydrogen) atoms. The van der Waals surface area contributed by atoms with E-state index in [-0.39, 0.29) is 5.91 Å². The predicted molar refractivity (Wildman–Crippen MR) is 86.8 cm³/mol. The number of amides is 1. The number of benzene rings is 1. The van der Waals surface area contributed by atoms with E-state index in [1.165, 1.54) is 6.42 Å². The monoisotopic (exact) mass is 302 g/mol. The number of nitrogens with zero attached hydrogens (tertiary/aromatic N) is 2. The molecule has 1 amide bonds. The maximum absolute atomic E-state index is 12.2. The zero-order valence-electron chi connectivity index (χ0n) is 12.7. The highest BCUT2D eigenvalue weighted by molar-refractivity contribution is 7.99. The Hall–Kier alpha value is -1.47. The Morgan fingerprint density at radius 1 is 1.29 bits per heavy atom. The largest absolute Gasteiger partial charge is 0.341 e. The molecule has 2 rings (SSSR count). The van der Waals surface area contributed by atoms with Gasteiger partial charge >= 0.3 is 0 Å². The first kappa shape index (κ1) is 15.9. The number of likely N-dealkylation sites (tertiary alicyclic amines) is 1. The van der Waals surface area contributed by atoms with Crippen molar-refractivity contribution in [3.63, 3.8) is 0 Å². The SMILES string of the molecule is CC1CC(C)CN(C(=O)CSCc2ccc(C#N)cc2)C1. The number of rotatable bonds is 4. The van der Waals surface area contributed by atoms with Crippen molar-refractivity contribution in [1.29, 1.82) is 5.26 Å². The van der Waals surface area contributed by atoms with Gasteiger partial charge in [-0.2, -0.15) is 5.26 Å². The van der Waals surface area contributed by atoms with Crippen LogP contribution in [0.4, 0.5) is 0 Å². The summed E-state index contributed by atoms with van der Waals surface area (Å²) in [7, 11) is 0. The van der Waals surface area contributed by atoms with Crippen molar-refractivity contribution in [2.24, 2.45) is 11.8 Å². The Bertz CT molecular complexity index is 511. The van der Waals surface area contributed by atoms with Crippen LogP contribution in [0.15, 0.2) is 24.3 Å². The molecule has 1 aromatic carbocycles. The van der Waals surface area contributed by atoms with Crippen LogP contribution in [0, 0.1) is 23.2 Å². The summed E-state index contributed by atoms with van der Waals surface area (Å²) in [6, 6.07) is 9.68. The fourth-order valence-electron chi connectivity index (χ4n) is 2.89. The number of carbonyl (C=O) groups excluding carboxylic acids is 1. The molecule has 2 unspecified atom stereocenters. The second-order valence-electron chi connectivity index (χ2n) is 6.05. The van der Waals surface area contributed by atoms with Gasteiger partial charge in [-0.15, -0.1) is 11.8 Å². The summed E-state index contributed by atoms with van der Waals surface area (Å²) in [6.07, 6.45) is 1.22. The van der Waals surface area contributed by atoms with Gasteiger partial charge in [-0.1, -0.05) is 26.0 Å². The quantitative estimate of drug-likeness (QED) is 0.857. The molecule has 4 heteroatoms. The van der Waals surface area contributed by atoms with E-state index in [2.05, 4.69) is 19.9 Å². The minimum atomic E-state index is 0.257. The van der Waals surface area contributed by atoms with Gasteiger partial charge in [0.05, 0.1) is 17.4 Å². The Labute approximate surface area is 131 Å². The number of piperidine rings is 1. The van der Waals surface area contributed by atoms with Crippen LogP contribution in [-0.2, 0) is 10.5 Å². The molecular formula is C17H22N2OS. The zero-order valence-corrected chi connectivity index (χ0v) is 13.5. The van der Waals surface area contributed by atoms with Crippen LogP contribution in [0.25, 0.3) is 0 Å². The van der Waals surface area contributed by atoms with Gasteiger partial charge in [-0.3, -0.25) is 4.79 Å². The van der Waals surface area contributed by atoms with Crippen molar-refractivity contribution in [2.75, 3.05) is 18.8 Å². The average molecular weight is 302 g/mol. The predicted octanol–water partition coefficient (Wildman–Crippen LogP) is 3.30. The van der Waals surface area contributed by atoms with Gasteiger partial charge < -0.3 is 4.90 Å².